The smallest absolute Gasteiger partial charge is 0.246 e. The minimum absolute atomic E-state index is 0.0403. The number of anilines is 2. The first kappa shape index (κ1) is 15.1. The van der Waals surface area contributed by atoms with Crippen LogP contribution in [-0.4, -0.2) is 11.9 Å². The Hall–Kier alpha value is -2.29. The summed E-state index contributed by atoms with van der Waals surface area (Å²) in [5, 5.41) is 6.21. The number of hydrogen-bond acceptors (Lipinski definition) is 2. The summed E-state index contributed by atoms with van der Waals surface area (Å²) in [6.07, 6.45) is 0. The van der Waals surface area contributed by atoms with Crippen LogP contribution in [0.15, 0.2) is 42.5 Å². The second-order valence-electron chi connectivity index (χ2n) is 5.47. The number of aryl methyl sites for hydroxylation is 2. The Morgan fingerprint density at radius 1 is 1.05 bits per heavy atom. The zero-order chi connectivity index (χ0) is 15.4. The molecule has 3 heteroatoms. The fourth-order valence-corrected chi connectivity index (χ4v) is 2.18. The number of hydrogen-bond donors (Lipinski definition) is 2. The number of rotatable bonds is 4. The Morgan fingerprint density at radius 3 is 2.48 bits per heavy atom. The van der Waals surface area contributed by atoms with Crippen LogP contribution in [0.5, 0.6) is 0 Å². The highest BCUT2D eigenvalue weighted by Gasteiger charge is 2.14. The lowest BCUT2D eigenvalue weighted by Gasteiger charge is -2.18. The van der Waals surface area contributed by atoms with Crippen LogP contribution in [0.4, 0.5) is 11.4 Å². The summed E-state index contributed by atoms with van der Waals surface area (Å²) in [5.74, 6) is -0.0403. The van der Waals surface area contributed by atoms with Gasteiger partial charge in [-0.2, -0.15) is 0 Å². The van der Waals surface area contributed by atoms with E-state index < -0.39 is 0 Å². The van der Waals surface area contributed by atoms with Gasteiger partial charge in [0.2, 0.25) is 5.91 Å². The molecule has 1 atom stereocenters. The molecule has 0 aliphatic heterocycles. The lowest BCUT2D eigenvalue weighted by Crippen LogP contribution is -2.32. The summed E-state index contributed by atoms with van der Waals surface area (Å²) < 4.78 is 0. The molecule has 3 nitrogen and oxygen atoms in total. The summed E-state index contributed by atoms with van der Waals surface area (Å²) in [5.41, 5.74) is 5.35. The molecular weight excluding hydrogens is 260 g/mol. The zero-order valence-corrected chi connectivity index (χ0v) is 13.0. The van der Waals surface area contributed by atoms with E-state index in [1.165, 1.54) is 11.1 Å². The summed E-state index contributed by atoms with van der Waals surface area (Å²) in [6, 6.07) is 13.6. The molecule has 0 aliphatic carbocycles. The van der Waals surface area contributed by atoms with E-state index in [-0.39, 0.29) is 11.9 Å². The van der Waals surface area contributed by atoms with Gasteiger partial charge in [-0.05, 0) is 62.6 Å². The molecule has 0 radical (unpaired) electrons. The molecule has 0 spiro atoms. The second kappa shape index (κ2) is 6.44. The summed E-state index contributed by atoms with van der Waals surface area (Å²) in [7, 11) is 0. The van der Waals surface area contributed by atoms with E-state index in [0.29, 0.717) is 0 Å². The van der Waals surface area contributed by atoms with Gasteiger partial charge in [0.15, 0.2) is 0 Å². The monoisotopic (exact) mass is 282 g/mol. The predicted octanol–water partition coefficient (Wildman–Crippen LogP) is 4.05. The van der Waals surface area contributed by atoms with Crippen molar-refractivity contribution < 1.29 is 4.79 Å². The molecular formula is C18H22N2O. The molecule has 110 valence electrons. The highest BCUT2D eigenvalue weighted by atomic mass is 16.2. The number of benzene rings is 2. The fourth-order valence-electron chi connectivity index (χ4n) is 2.18. The van der Waals surface area contributed by atoms with E-state index in [2.05, 4.69) is 30.5 Å². The van der Waals surface area contributed by atoms with E-state index >= 15 is 0 Å². The topological polar surface area (TPSA) is 41.1 Å². The maximum Gasteiger partial charge on any atom is 0.246 e. The lowest BCUT2D eigenvalue weighted by molar-refractivity contribution is -0.116. The van der Waals surface area contributed by atoms with Gasteiger partial charge in [-0.1, -0.05) is 24.3 Å². The van der Waals surface area contributed by atoms with Crippen molar-refractivity contribution in [1.29, 1.82) is 0 Å². The van der Waals surface area contributed by atoms with Gasteiger partial charge in [0.1, 0.15) is 6.04 Å². The van der Waals surface area contributed by atoms with E-state index in [4.69, 9.17) is 0 Å². The minimum Gasteiger partial charge on any atom is -0.374 e. The van der Waals surface area contributed by atoms with Gasteiger partial charge in [0.25, 0.3) is 0 Å². The Morgan fingerprint density at radius 2 is 1.76 bits per heavy atom. The van der Waals surface area contributed by atoms with Crippen molar-refractivity contribution in [2.45, 2.75) is 33.7 Å². The van der Waals surface area contributed by atoms with Crippen LogP contribution in [0.1, 0.15) is 23.6 Å². The number of carbonyl (C=O) groups excluding carboxylic acids is 1. The van der Waals surface area contributed by atoms with Crippen molar-refractivity contribution in [1.82, 2.24) is 0 Å². The van der Waals surface area contributed by atoms with Gasteiger partial charge in [-0.25, -0.2) is 0 Å². The van der Waals surface area contributed by atoms with Crippen LogP contribution in [0.2, 0.25) is 0 Å². The van der Waals surface area contributed by atoms with Gasteiger partial charge in [-0.3, -0.25) is 4.79 Å². The largest absolute Gasteiger partial charge is 0.374 e. The maximum absolute atomic E-state index is 12.3. The molecule has 0 bridgehead atoms. The lowest BCUT2D eigenvalue weighted by atomic mass is 10.1. The summed E-state index contributed by atoms with van der Waals surface area (Å²) in [4.78, 5) is 12.3. The summed E-state index contributed by atoms with van der Waals surface area (Å²) in [6.45, 7) is 8.00. The average Bonchev–Trinajstić information content (AvgIpc) is 2.44. The molecule has 2 rings (SSSR count). The van der Waals surface area contributed by atoms with Crippen LogP contribution < -0.4 is 10.6 Å². The molecule has 0 saturated heterocycles. The van der Waals surface area contributed by atoms with E-state index in [9.17, 15) is 4.79 Å². The average molecular weight is 282 g/mol. The van der Waals surface area contributed by atoms with Crippen LogP contribution in [0.3, 0.4) is 0 Å². The molecule has 0 aliphatic rings. The van der Waals surface area contributed by atoms with Crippen molar-refractivity contribution in [3.05, 3.63) is 59.2 Å². The Labute approximate surface area is 126 Å². The van der Waals surface area contributed by atoms with Crippen LogP contribution in [0.25, 0.3) is 0 Å². The third-order valence-corrected chi connectivity index (χ3v) is 3.66. The molecule has 2 aromatic rings. The first-order chi connectivity index (χ1) is 9.97. The Balaban J connectivity index is 2.04. The van der Waals surface area contributed by atoms with Crippen molar-refractivity contribution in [3.8, 4) is 0 Å². The summed E-state index contributed by atoms with van der Waals surface area (Å²) >= 11 is 0. The molecule has 0 heterocycles. The first-order valence-corrected chi connectivity index (χ1v) is 7.17. The zero-order valence-electron chi connectivity index (χ0n) is 13.0. The fraction of sp³-hybridized carbons (Fsp3) is 0.278. The van der Waals surface area contributed by atoms with Gasteiger partial charge >= 0.3 is 0 Å². The minimum atomic E-state index is -0.300. The maximum atomic E-state index is 12.3. The quantitative estimate of drug-likeness (QED) is 0.888. The van der Waals surface area contributed by atoms with Crippen LogP contribution >= 0.6 is 0 Å². The van der Waals surface area contributed by atoms with Gasteiger partial charge < -0.3 is 10.6 Å². The Bertz CT molecular complexity index is 649. The van der Waals surface area contributed by atoms with E-state index in [0.717, 1.165) is 16.9 Å². The van der Waals surface area contributed by atoms with E-state index in [1.807, 2.05) is 50.2 Å². The van der Waals surface area contributed by atoms with Gasteiger partial charge in [0.05, 0.1) is 0 Å². The van der Waals surface area contributed by atoms with Crippen molar-refractivity contribution >= 4 is 17.3 Å². The molecule has 1 amide bonds. The van der Waals surface area contributed by atoms with E-state index in [1.54, 1.807) is 0 Å². The predicted molar refractivity (Wildman–Crippen MR) is 88.8 cm³/mol. The second-order valence-corrected chi connectivity index (χ2v) is 5.47. The molecule has 0 fully saturated rings. The third kappa shape index (κ3) is 3.85. The van der Waals surface area contributed by atoms with Crippen molar-refractivity contribution in [2.24, 2.45) is 0 Å². The molecule has 0 saturated carbocycles. The standard InChI is InChI=1S/C18H22N2O/c1-12-7-5-9-16(11-12)20-18(21)15(4)19-17-10-6-8-13(2)14(17)3/h5-11,15,19H,1-4H3,(H,20,21)/t15-/m1/s1. The van der Waals surface area contributed by atoms with Crippen molar-refractivity contribution in [3.63, 3.8) is 0 Å². The number of nitrogens with one attached hydrogen (secondary N) is 2. The number of carbonyl (C=O) groups is 1. The van der Waals surface area contributed by atoms with Crippen LogP contribution in [-0.2, 0) is 4.79 Å². The van der Waals surface area contributed by atoms with Gasteiger partial charge in [-0.15, -0.1) is 0 Å². The first-order valence-electron chi connectivity index (χ1n) is 7.17. The Kier molecular flexibility index (Phi) is 4.63. The molecule has 2 N–H and O–H groups in total. The van der Waals surface area contributed by atoms with Crippen molar-refractivity contribution in [2.75, 3.05) is 10.6 Å². The van der Waals surface area contributed by atoms with Gasteiger partial charge in [0, 0.05) is 11.4 Å². The molecule has 21 heavy (non-hydrogen) atoms. The number of amides is 1. The van der Waals surface area contributed by atoms with Crippen LogP contribution in [0, 0.1) is 20.8 Å². The molecule has 0 unspecified atom stereocenters. The highest BCUT2D eigenvalue weighted by molar-refractivity contribution is 5.96. The third-order valence-electron chi connectivity index (χ3n) is 3.66. The SMILES string of the molecule is Cc1cccc(NC(=O)[C@@H](C)Nc2cccc(C)c2C)c1. The normalized spacial score (nSPS) is 11.8. The molecule has 0 aromatic heterocycles. The molecule has 2 aromatic carbocycles. The highest BCUT2D eigenvalue weighted by Crippen LogP contribution is 2.19.